The van der Waals surface area contributed by atoms with Crippen molar-refractivity contribution in [3.8, 4) is 0 Å². The van der Waals surface area contributed by atoms with Gasteiger partial charge in [0.1, 0.15) is 0 Å². The highest BCUT2D eigenvalue weighted by Crippen LogP contribution is 2.22. The number of nitrogens with two attached hydrogens (primary N) is 1. The first kappa shape index (κ1) is 16.7. The predicted octanol–water partition coefficient (Wildman–Crippen LogP) is 0.931. The van der Waals surface area contributed by atoms with Crippen LogP contribution in [0.25, 0.3) is 0 Å². The maximum absolute atomic E-state index is 11.7. The second kappa shape index (κ2) is 7.47. The lowest BCUT2D eigenvalue weighted by Gasteiger charge is -2.19. The second-order valence-electron chi connectivity index (χ2n) is 4.41. The molecule has 0 bridgehead atoms. The fraction of sp³-hybridized carbons (Fsp3) is 0.538. The molecule has 4 N–H and O–H groups in total. The Morgan fingerprint density at radius 2 is 1.90 bits per heavy atom. The molecule has 0 aliphatic carbocycles. The van der Waals surface area contributed by atoms with Crippen LogP contribution in [0.4, 0.5) is 11.4 Å². The minimum absolute atomic E-state index is 0.173. The van der Waals surface area contributed by atoms with Crippen LogP contribution in [0.1, 0.15) is 13.8 Å². The van der Waals surface area contributed by atoms with Gasteiger partial charge in [0.15, 0.2) is 0 Å². The highest BCUT2D eigenvalue weighted by atomic mass is 32.2. The van der Waals surface area contributed by atoms with Crippen LogP contribution in [0.3, 0.4) is 0 Å². The van der Waals surface area contributed by atoms with Crippen molar-refractivity contribution in [2.75, 3.05) is 44.3 Å². The Morgan fingerprint density at radius 1 is 1.25 bits per heavy atom. The zero-order chi connectivity index (χ0) is 15.2. The molecular formula is C13H24N4O2S. The van der Waals surface area contributed by atoms with Crippen molar-refractivity contribution in [1.29, 1.82) is 0 Å². The van der Waals surface area contributed by atoms with Gasteiger partial charge in [0, 0.05) is 13.1 Å². The van der Waals surface area contributed by atoms with E-state index in [-0.39, 0.29) is 4.90 Å². The summed E-state index contributed by atoms with van der Waals surface area (Å²) in [5, 5.41) is 3.23. The molecule has 20 heavy (non-hydrogen) atoms. The first-order valence-corrected chi connectivity index (χ1v) is 8.22. The van der Waals surface area contributed by atoms with Gasteiger partial charge >= 0.3 is 0 Å². The van der Waals surface area contributed by atoms with Crippen molar-refractivity contribution in [2.45, 2.75) is 18.7 Å². The molecule has 0 amide bonds. The van der Waals surface area contributed by atoms with E-state index >= 15 is 0 Å². The fourth-order valence-electron chi connectivity index (χ4n) is 1.88. The molecule has 7 heteroatoms. The van der Waals surface area contributed by atoms with Gasteiger partial charge in [-0.25, -0.2) is 13.1 Å². The quantitative estimate of drug-likeness (QED) is 0.622. The van der Waals surface area contributed by atoms with Crippen LogP contribution < -0.4 is 15.8 Å². The number of anilines is 2. The minimum Gasteiger partial charge on any atom is -0.397 e. The average Bonchev–Trinajstić information content (AvgIpc) is 2.45. The Labute approximate surface area is 121 Å². The summed E-state index contributed by atoms with van der Waals surface area (Å²) < 4.78 is 25.6. The van der Waals surface area contributed by atoms with Crippen LogP contribution in [0.15, 0.2) is 23.1 Å². The van der Waals surface area contributed by atoms with Gasteiger partial charge in [-0.15, -0.1) is 0 Å². The van der Waals surface area contributed by atoms with Gasteiger partial charge in [0.2, 0.25) is 10.0 Å². The Hall–Kier alpha value is -1.31. The first-order chi connectivity index (χ1) is 9.44. The number of hydrogen-bond donors (Lipinski definition) is 3. The third-order valence-electron chi connectivity index (χ3n) is 3.24. The molecule has 0 saturated carbocycles. The highest BCUT2D eigenvalue weighted by molar-refractivity contribution is 7.89. The number of nitrogen functional groups attached to an aromatic ring is 1. The molecule has 1 rings (SSSR count). The maximum atomic E-state index is 11.7. The van der Waals surface area contributed by atoms with Crippen LogP contribution in [-0.2, 0) is 10.0 Å². The molecule has 0 atom stereocenters. The van der Waals surface area contributed by atoms with E-state index in [1.165, 1.54) is 13.1 Å². The molecule has 114 valence electrons. The lowest BCUT2D eigenvalue weighted by molar-refractivity contribution is 0.316. The SMILES string of the molecule is CCN(CC)CCNc1ccc(S(=O)(=O)NC)cc1N. The second-order valence-corrected chi connectivity index (χ2v) is 6.30. The predicted molar refractivity (Wildman–Crippen MR) is 83.4 cm³/mol. The van der Waals surface area contributed by atoms with E-state index < -0.39 is 10.0 Å². The Bertz CT molecular complexity index is 527. The van der Waals surface area contributed by atoms with Crippen molar-refractivity contribution < 1.29 is 8.42 Å². The molecule has 0 aliphatic rings. The molecule has 1 aromatic rings. The molecule has 0 radical (unpaired) electrons. The summed E-state index contributed by atoms with van der Waals surface area (Å²) >= 11 is 0. The van der Waals surface area contributed by atoms with Gasteiger partial charge in [0.25, 0.3) is 0 Å². The average molecular weight is 300 g/mol. The van der Waals surface area contributed by atoms with Gasteiger partial charge in [-0.2, -0.15) is 0 Å². The van der Waals surface area contributed by atoms with E-state index in [1.54, 1.807) is 12.1 Å². The van der Waals surface area contributed by atoms with Crippen LogP contribution in [0.2, 0.25) is 0 Å². The molecule has 0 saturated heterocycles. The lowest BCUT2D eigenvalue weighted by atomic mass is 10.2. The van der Waals surface area contributed by atoms with Crippen molar-refractivity contribution in [1.82, 2.24) is 9.62 Å². The topological polar surface area (TPSA) is 87.5 Å². The molecule has 0 heterocycles. The van der Waals surface area contributed by atoms with E-state index in [1.807, 2.05) is 0 Å². The van der Waals surface area contributed by atoms with Crippen LogP contribution in [0.5, 0.6) is 0 Å². The number of hydrogen-bond acceptors (Lipinski definition) is 5. The summed E-state index contributed by atoms with van der Waals surface area (Å²) in [6.07, 6.45) is 0. The number of benzene rings is 1. The number of likely N-dealkylation sites (N-methyl/N-ethyl adjacent to an activating group) is 1. The molecule has 0 fully saturated rings. The molecular weight excluding hydrogens is 276 g/mol. The Balaban J connectivity index is 2.70. The van der Waals surface area contributed by atoms with Crippen LogP contribution >= 0.6 is 0 Å². The number of sulfonamides is 1. The van der Waals surface area contributed by atoms with Gasteiger partial charge in [0.05, 0.1) is 16.3 Å². The summed E-state index contributed by atoms with van der Waals surface area (Å²) in [5.41, 5.74) is 7.07. The third kappa shape index (κ3) is 4.36. The van der Waals surface area contributed by atoms with Crippen molar-refractivity contribution in [3.05, 3.63) is 18.2 Å². The molecule has 0 aliphatic heterocycles. The summed E-state index contributed by atoms with van der Waals surface area (Å²) in [4.78, 5) is 2.47. The van der Waals surface area contributed by atoms with Crippen LogP contribution in [-0.4, -0.2) is 46.5 Å². The summed E-state index contributed by atoms with van der Waals surface area (Å²) in [6.45, 7) is 7.94. The molecule has 6 nitrogen and oxygen atoms in total. The monoisotopic (exact) mass is 300 g/mol. The summed E-state index contributed by atoms with van der Waals surface area (Å²) in [7, 11) is -2.07. The minimum atomic E-state index is -3.45. The first-order valence-electron chi connectivity index (χ1n) is 6.73. The zero-order valence-electron chi connectivity index (χ0n) is 12.3. The van der Waals surface area contributed by atoms with Gasteiger partial charge < -0.3 is 16.0 Å². The largest absolute Gasteiger partial charge is 0.397 e. The lowest BCUT2D eigenvalue weighted by Crippen LogP contribution is -2.28. The molecule has 0 aromatic heterocycles. The number of rotatable bonds is 8. The smallest absolute Gasteiger partial charge is 0.240 e. The maximum Gasteiger partial charge on any atom is 0.240 e. The van der Waals surface area contributed by atoms with Gasteiger partial charge in [-0.1, -0.05) is 13.8 Å². The van der Waals surface area contributed by atoms with E-state index in [0.29, 0.717) is 5.69 Å². The van der Waals surface area contributed by atoms with Crippen molar-refractivity contribution in [3.63, 3.8) is 0 Å². The highest BCUT2D eigenvalue weighted by Gasteiger charge is 2.12. The molecule has 0 unspecified atom stereocenters. The van der Waals surface area contributed by atoms with Crippen LogP contribution in [0, 0.1) is 0 Å². The normalized spacial score (nSPS) is 11.8. The van der Waals surface area contributed by atoms with E-state index in [9.17, 15) is 8.42 Å². The fourth-order valence-corrected chi connectivity index (χ4v) is 2.64. The van der Waals surface area contributed by atoms with Gasteiger partial charge in [-0.05, 0) is 38.3 Å². The summed E-state index contributed by atoms with van der Waals surface area (Å²) in [5.74, 6) is 0. The zero-order valence-corrected chi connectivity index (χ0v) is 13.1. The van der Waals surface area contributed by atoms with E-state index in [2.05, 4.69) is 28.8 Å². The van der Waals surface area contributed by atoms with E-state index in [0.717, 1.165) is 31.9 Å². The van der Waals surface area contributed by atoms with Gasteiger partial charge in [-0.3, -0.25) is 0 Å². The Morgan fingerprint density at radius 3 is 2.40 bits per heavy atom. The Kier molecular flexibility index (Phi) is 6.25. The van der Waals surface area contributed by atoms with E-state index in [4.69, 9.17) is 5.73 Å². The number of nitrogens with one attached hydrogen (secondary N) is 2. The van der Waals surface area contributed by atoms with Crippen molar-refractivity contribution >= 4 is 21.4 Å². The summed E-state index contributed by atoms with van der Waals surface area (Å²) in [6, 6.07) is 4.70. The number of nitrogens with zero attached hydrogens (tertiary/aromatic N) is 1. The molecule has 1 aromatic carbocycles. The third-order valence-corrected chi connectivity index (χ3v) is 4.65. The molecule has 0 spiro atoms. The standard InChI is InChI=1S/C13H24N4O2S/c1-4-17(5-2)9-8-16-13-7-6-11(10-12(13)14)20(18,19)15-3/h6-7,10,15-16H,4-5,8-9,14H2,1-3H3. The van der Waals surface area contributed by atoms with Crippen molar-refractivity contribution in [2.24, 2.45) is 0 Å².